The van der Waals surface area contributed by atoms with Crippen molar-refractivity contribution in [2.75, 3.05) is 13.2 Å². The zero-order valence-corrected chi connectivity index (χ0v) is 20.0. The number of non-ortho nitro benzene ring substituents is 1. The minimum absolute atomic E-state index is 0.0380. The lowest BCUT2D eigenvalue weighted by Crippen LogP contribution is -2.25. The first-order chi connectivity index (χ1) is 15.4. The van der Waals surface area contributed by atoms with Gasteiger partial charge in [-0.15, -0.1) is 0 Å². The molecule has 2 rings (SSSR count). The third kappa shape index (κ3) is 6.71. The van der Waals surface area contributed by atoms with Gasteiger partial charge < -0.3 is 14.0 Å². The molecule has 0 N–H and O–H groups in total. The fourth-order valence-electron chi connectivity index (χ4n) is 3.81. The Hall–Kier alpha value is -2.57. The molecule has 0 saturated heterocycles. The Labute approximate surface area is 190 Å². The molecule has 32 heavy (non-hydrogen) atoms. The van der Waals surface area contributed by atoms with Gasteiger partial charge in [0, 0.05) is 24.1 Å². The molecule has 0 aliphatic rings. The van der Waals surface area contributed by atoms with Crippen LogP contribution in [0.15, 0.2) is 23.0 Å². The zero-order chi connectivity index (χ0) is 23.5. The molecule has 1 aromatic carbocycles. The minimum atomic E-state index is -0.431. The van der Waals surface area contributed by atoms with E-state index in [-0.39, 0.29) is 17.0 Å². The molecule has 0 bridgehead atoms. The summed E-state index contributed by atoms with van der Waals surface area (Å²) in [6.45, 7) is 9.83. The second-order valence-electron chi connectivity index (χ2n) is 8.54. The monoisotopic (exact) mass is 446 g/mol. The molecule has 2 aromatic rings. The maximum atomic E-state index is 13.5. The number of benzene rings is 1. The molecular weight excluding hydrogens is 408 g/mol. The number of ether oxygens (including phenoxy) is 2. The lowest BCUT2D eigenvalue weighted by Gasteiger charge is -2.20. The SMILES string of the molecule is CCCCCCn1c(=O)c(OCC(C)CCC)c(OCCCC)c2ccc([N+](=O)[O-])cc21. The zero-order valence-electron chi connectivity index (χ0n) is 20.0. The van der Waals surface area contributed by atoms with Crippen molar-refractivity contribution in [3.8, 4) is 11.5 Å². The molecule has 1 unspecified atom stereocenters. The number of fused-ring (bicyclic) bond motifs is 1. The average Bonchev–Trinajstić information content (AvgIpc) is 2.77. The highest BCUT2D eigenvalue weighted by atomic mass is 16.6. The summed E-state index contributed by atoms with van der Waals surface area (Å²) in [6, 6.07) is 4.62. The smallest absolute Gasteiger partial charge is 0.297 e. The summed E-state index contributed by atoms with van der Waals surface area (Å²) in [7, 11) is 0. The van der Waals surface area contributed by atoms with Gasteiger partial charge in [0.15, 0.2) is 5.75 Å². The largest absolute Gasteiger partial charge is 0.489 e. The Morgan fingerprint density at radius 2 is 1.75 bits per heavy atom. The first kappa shape index (κ1) is 25.7. The van der Waals surface area contributed by atoms with E-state index < -0.39 is 4.92 Å². The summed E-state index contributed by atoms with van der Waals surface area (Å²) in [5.74, 6) is 0.941. The Morgan fingerprint density at radius 1 is 1.00 bits per heavy atom. The number of pyridine rings is 1. The first-order valence-corrected chi connectivity index (χ1v) is 12.0. The molecular formula is C25H38N2O5. The van der Waals surface area contributed by atoms with Gasteiger partial charge >= 0.3 is 0 Å². The van der Waals surface area contributed by atoms with E-state index in [9.17, 15) is 14.9 Å². The van der Waals surface area contributed by atoms with Crippen molar-refractivity contribution in [1.82, 2.24) is 4.57 Å². The van der Waals surface area contributed by atoms with E-state index in [0.717, 1.165) is 51.4 Å². The summed E-state index contributed by atoms with van der Waals surface area (Å²) in [5.41, 5.74) is 0.217. The van der Waals surface area contributed by atoms with E-state index in [2.05, 4.69) is 27.7 Å². The van der Waals surface area contributed by atoms with E-state index in [4.69, 9.17) is 9.47 Å². The van der Waals surface area contributed by atoms with Crippen molar-refractivity contribution < 1.29 is 14.4 Å². The fourth-order valence-corrected chi connectivity index (χ4v) is 3.81. The number of hydrogen-bond donors (Lipinski definition) is 0. The number of aryl methyl sites for hydroxylation is 1. The maximum Gasteiger partial charge on any atom is 0.297 e. The molecule has 1 aromatic heterocycles. The van der Waals surface area contributed by atoms with Gasteiger partial charge in [0.1, 0.15) is 0 Å². The third-order valence-corrected chi connectivity index (χ3v) is 5.65. The standard InChI is InChI=1S/C25H38N2O5/c1-5-8-10-11-15-26-22-17-20(27(29)30)13-14-21(22)23(31-16-9-6-2)24(25(26)28)32-18-19(4)12-7-3/h13-14,17,19H,5-12,15-16,18H2,1-4H3. The molecule has 0 fully saturated rings. The van der Waals surface area contributed by atoms with Crippen LogP contribution >= 0.6 is 0 Å². The average molecular weight is 447 g/mol. The molecule has 7 heteroatoms. The van der Waals surface area contributed by atoms with E-state index in [1.54, 1.807) is 10.6 Å². The van der Waals surface area contributed by atoms with Gasteiger partial charge in [-0.25, -0.2) is 0 Å². The summed E-state index contributed by atoms with van der Waals surface area (Å²) in [5, 5.41) is 12.1. The molecule has 7 nitrogen and oxygen atoms in total. The van der Waals surface area contributed by atoms with Crippen LogP contribution in [-0.4, -0.2) is 22.7 Å². The summed E-state index contributed by atoms with van der Waals surface area (Å²) < 4.78 is 13.8. The number of nitrogens with zero attached hydrogens (tertiary/aromatic N) is 2. The highest BCUT2D eigenvalue weighted by Crippen LogP contribution is 2.35. The molecule has 0 aliphatic heterocycles. The number of aromatic nitrogens is 1. The number of nitro benzene ring substituents is 1. The van der Waals surface area contributed by atoms with Crippen LogP contribution < -0.4 is 15.0 Å². The summed E-state index contributed by atoms with van der Waals surface area (Å²) in [4.78, 5) is 24.5. The Morgan fingerprint density at radius 3 is 2.41 bits per heavy atom. The van der Waals surface area contributed by atoms with E-state index >= 15 is 0 Å². The topological polar surface area (TPSA) is 83.6 Å². The van der Waals surface area contributed by atoms with Crippen LogP contribution in [0.1, 0.15) is 79.1 Å². The van der Waals surface area contributed by atoms with Crippen molar-refractivity contribution in [2.45, 2.75) is 85.6 Å². The highest BCUT2D eigenvalue weighted by molar-refractivity contribution is 5.89. The van der Waals surface area contributed by atoms with Crippen molar-refractivity contribution in [1.29, 1.82) is 0 Å². The van der Waals surface area contributed by atoms with Crippen LogP contribution in [0, 0.1) is 16.0 Å². The molecule has 178 valence electrons. The van der Waals surface area contributed by atoms with Gasteiger partial charge in [-0.2, -0.15) is 0 Å². The van der Waals surface area contributed by atoms with Gasteiger partial charge in [0.05, 0.1) is 23.7 Å². The molecule has 1 heterocycles. The normalized spacial score (nSPS) is 12.1. The lowest BCUT2D eigenvalue weighted by atomic mass is 10.1. The molecule has 0 aliphatic carbocycles. The summed E-state index contributed by atoms with van der Waals surface area (Å²) >= 11 is 0. The number of unbranched alkanes of at least 4 members (excludes halogenated alkanes) is 4. The third-order valence-electron chi connectivity index (χ3n) is 5.65. The van der Waals surface area contributed by atoms with Gasteiger partial charge in [-0.3, -0.25) is 14.9 Å². The van der Waals surface area contributed by atoms with Crippen LogP contribution in [0.4, 0.5) is 5.69 Å². The van der Waals surface area contributed by atoms with Gasteiger partial charge in [0.2, 0.25) is 5.75 Å². The lowest BCUT2D eigenvalue weighted by molar-refractivity contribution is -0.384. The predicted octanol–water partition coefficient (Wildman–Crippen LogP) is 6.48. The van der Waals surface area contributed by atoms with Crippen molar-refractivity contribution in [3.63, 3.8) is 0 Å². The molecule has 1 atom stereocenters. The van der Waals surface area contributed by atoms with Crippen molar-refractivity contribution in [2.24, 2.45) is 5.92 Å². The molecule has 0 spiro atoms. The number of rotatable bonds is 15. The van der Waals surface area contributed by atoms with Crippen LogP contribution in [0.25, 0.3) is 10.9 Å². The van der Waals surface area contributed by atoms with Crippen molar-refractivity contribution in [3.05, 3.63) is 38.7 Å². The molecule has 0 amide bonds. The van der Waals surface area contributed by atoms with Crippen LogP contribution in [-0.2, 0) is 6.54 Å². The van der Waals surface area contributed by atoms with Crippen LogP contribution in [0.3, 0.4) is 0 Å². The maximum absolute atomic E-state index is 13.5. The highest BCUT2D eigenvalue weighted by Gasteiger charge is 2.22. The van der Waals surface area contributed by atoms with Crippen LogP contribution in [0.2, 0.25) is 0 Å². The fraction of sp³-hybridized carbons (Fsp3) is 0.640. The molecule has 0 saturated carbocycles. The molecule has 0 radical (unpaired) electrons. The quantitative estimate of drug-likeness (QED) is 0.177. The Kier molecular flexibility index (Phi) is 10.5. The van der Waals surface area contributed by atoms with E-state index in [0.29, 0.717) is 42.3 Å². The Bertz CT molecular complexity index is 938. The number of hydrogen-bond acceptors (Lipinski definition) is 5. The van der Waals surface area contributed by atoms with E-state index in [1.807, 2.05) is 0 Å². The Balaban J connectivity index is 2.60. The van der Waals surface area contributed by atoms with E-state index in [1.165, 1.54) is 12.1 Å². The van der Waals surface area contributed by atoms with Crippen LogP contribution in [0.5, 0.6) is 11.5 Å². The first-order valence-electron chi connectivity index (χ1n) is 12.0. The summed E-state index contributed by atoms with van der Waals surface area (Å²) in [6.07, 6.45) is 7.87. The minimum Gasteiger partial charge on any atom is -0.489 e. The van der Waals surface area contributed by atoms with Gasteiger partial charge in [-0.1, -0.05) is 59.8 Å². The number of nitro groups is 1. The predicted molar refractivity (Wildman–Crippen MR) is 129 cm³/mol. The van der Waals surface area contributed by atoms with Crippen molar-refractivity contribution >= 4 is 16.6 Å². The second-order valence-corrected chi connectivity index (χ2v) is 8.54. The second kappa shape index (κ2) is 13.1. The van der Waals surface area contributed by atoms with Gasteiger partial charge in [-0.05, 0) is 31.2 Å². The van der Waals surface area contributed by atoms with Gasteiger partial charge in [0.25, 0.3) is 11.2 Å².